The molecule has 1 aromatic carbocycles. The van der Waals surface area contributed by atoms with E-state index in [1.807, 2.05) is 6.07 Å². The molecule has 2 saturated heterocycles. The van der Waals surface area contributed by atoms with Crippen LogP contribution < -0.4 is 5.73 Å². The Morgan fingerprint density at radius 3 is 2.86 bits per heavy atom. The Hall–Kier alpha value is -0.680. The molecule has 2 unspecified atom stereocenters. The lowest BCUT2D eigenvalue weighted by Gasteiger charge is -2.46. The molecule has 5 heteroatoms. The Balaban J connectivity index is 1.76. The van der Waals surface area contributed by atoms with Gasteiger partial charge in [-0.05, 0) is 43.1 Å². The fourth-order valence-electron chi connectivity index (χ4n) is 3.73. The van der Waals surface area contributed by atoms with E-state index < -0.39 is 0 Å². The Bertz CT molecular complexity index is 476. The smallest absolute Gasteiger partial charge is 0.125 e. The molecule has 1 aromatic rings. The van der Waals surface area contributed by atoms with Crippen LogP contribution in [0.15, 0.2) is 18.2 Å². The van der Waals surface area contributed by atoms with Crippen molar-refractivity contribution in [3.63, 3.8) is 0 Å². The minimum absolute atomic E-state index is 0.0577. The highest BCUT2D eigenvalue weighted by Gasteiger charge is 2.32. The van der Waals surface area contributed by atoms with Crippen molar-refractivity contribution in [1.29, 1.82) is 0 Å². The monoisotopic (exact) mass is 311 g/mol. The minimum atomic E-state index is -0.285. The van der Waals surface area contributed by atoms with E-state index in [1.165, 1.54) is 31.9 Å². The zero-order chi connectivity index (χ0) is 14.8. The van der Waals surface area contributed by atoms with Crippen molar-refractivity contribution in [2.24, 2.45) is 5.73 Å². The van der Waals surface area contributed by atoms with Gasteiger partial charge in [-0.1, -0.05) is 18.0 Å². The van der Waals surface area contributed by atoms with Crippen LogP contribution in [-0.2, 0) is 0 Å². The molecule has 2 heterocycles. The fourth-order valence-corrected chi connectivity index (χ4v) is 3.96. The standard InChI is InChI=1S/C16H23ClFN3/c17-13-7-12(8-14(18)9-13)16(10-19)21-6-5-20-4-2-1-3-15(20)11-21/h7-9,15-16H,1-6,10-11,19H2. The predicted octanol–water partition coefficient (Wildman–Crippen LogP) is 2.65. The Morgan fingerprint density at radius 1 is 1.24 bits per heavy atom. The maximum absolute atomic E-state index is 13.6. The van der Waals surface area contributed by atoms with Crippen molar-refractivity contribution in [1.82, 2.24) is 9.80 Å². The maximum Gasteiger partial charge on any atom is 0.125 e. The van der Waals surface area contributed by atoms with E-state index >= 15 is 0 Å². The van der Waals surface area contributed by atoms with Gasteiger partial charge < -0.3 is 5.73 Å². The first-order chi connectivity index (χ1) is 10.2. The van der Waals surface area contributed by atoms with E-state index in [-0.39, 0.29) is 11.9 Å². The second kappa shape index (κ2) is 6.61. The third-order valence-electron chi connectivity index (χ3n) is 4.80. The number of fused-ring (bicyclic) bond motifs is 1. The number of piperidine rings is 1. The first kappa shape index (κ1) is 15.2. The van der Waals surface area contributed by atoms with Gasteiger partial charge in [0.1, 0.15) is 5.82 Å². The number of nitrogens with two attached hydrogens (primary N) is 1. The van der Waals surface area contributed by atoms with E-state index in [0.717, 1.165) is 25.2 Å². The molecule has 0 amide bonds. The van der Waals surface area contributed by atoms with Crippen LogP contribution in [0.1, 0.15) is 30.9 Å². The third kappa shape index (κ3) is 3.39. The number of nitrogens with zero attached hydrogens (tertiary/aromatic N) is 2. The van der Waals surface area contributed by atoms with Crippen molar-refractivity contribution in [2.45, 2.75) is 31.3 Å². The van der Waals surface area contributed by atoms with Crippen LogP contribution in [0.5, 0.6) is 0 Å². The second-order valence-electron chi connectivity index (χ2n) is 6.13. The van der Waals surface area contributed by atoms with E-state index in [1.54, 1.807) is 6.07 Å². The summed E-state index contributed by atoms with van der Waals surface area (Å²) in [5, 5.41) is 0.444. The average molecular weight is 312 g/mol. The van der Waals surface area contributed by atoms with Crippen molar-refractivity contribution in [3.8, 4) is 0 Å². The van der Waals surface area contributed by atoms with Crippen molar-refractivity contribution < 1.29 is 4.39 Å². The molecule has 0 saturated carbocycles. The summed E-state index contributed by atoms with van der Waals surface area (Å²) >= 11 is 5.99. The summed E-state index contributed by atoms with van der Waals surface area (Å²) in [4.78, 5) is 4.99. The molecule has 21 heavy (non-hydrogen) atoms. The van der Waals surface area contributed by atoms with Crippen LogP contribution in [0, 0.1) is 5.82 Å². The van der Waals surface area contributed by atoms with Gasteiger partial charge in [-0.3, -0.25) is 9.80 Å². The zero-order valence-electron chi connectivity index (χ0n) is 12.3. The van der Waals surface area contributed by atoms with Crippen LogP contribution in [0.3, 0.4) is 0 Å². The molecule has 2 atom stereocenters. The van der Waals surface area contributed by atoms with Gasteiger partial charge in [0.2, 0.25) is 0 Å². The molecule has 3 rings (SSSR count). The summed E-state index contributed by atoms with van der Waals surface area (Å²) in [6.07, 6.45) is 3.89. The van der Waals surface area contributed by atoms with Gasteiger partial charge >= 0.3 is 0 Å². The van der Waals surface area contributed by atoms with Gasteiger partial charge in [0.15, 0.2) is 0 Å². The van der Waals surface area contributed by atoms with E-state index in [4.69, 9.17) is 17.3 Å². The number of halogens is 2. The summed E-state index contributed by atoms with van der Waals surface area (Å²) in [5.41, 5.74) is 6.88. The highest BCUT2D eigenvalue weighted by atomic mass is 35.5. The molecule has 3 nitrogen and oxygen atoms in total. The Labute approximate surface area is 130 Å². The number of benzene rings is 1. The molecule has 0 aromatic heterocycles. The molecule has 0 spiro atoms. The first-order valence-corrected chi connectivity index (χ1v) is 8.19. The lowest BCUT2D eigenvalue weighted by Crippen LogP contribution is -2.56. The van der Waals surface area contributed by atoms with Crippen LogP contribution in [0.25, 0.3) is 0 Å². The molecule has 2 N–H and O–H groups in total. The van der Waals surface area contributed by atoms with Gasteiger partial charge in [-0.15, -0.1) is 0 Å². The van der Waals surface area contributed by atoms with Crippen LogP contribution in [-0.4, -0.2) is 48.6 Å². The molecule has 2 fully saturated rings. The quantitative estimate of drug-likeness (QED) is 0.931. The van der Waals surface area contributed by atoms with Gasteiger partial charge in [0.25, 0.3) is 0 Å². The van der Waals surface area contributed by atoms with Gasteiger partial charge in [-0.25, -0.2) is 4.39 Å². The minimum Gasteiger partial charge on any atom is -0.329 e. The average Bonchev–Trinajstić information content (AvgIpc) is 2.47. The summed E-state index contributed by atoms with van der Waals surface area (Å²) in [5.74, 6) is -0.285. The second-order valence-corrected chi connectivity index (χ2v) is 6.57. The first-order valence-electron chi connectivity index (χ1n) is 7.81. The maximum atomic E-state index is 13.6. The predicted molar refractivity (Wildman–Crippen MR) is 84.0 cm³/mol. The molecule has 2 aliphatic heterocycles. The zero-order valence-corrected chi connectivity index (χ0v) is 13.0. The van der Waals surface area contributed by atoms with Gasteiger partial charge in [0, 0.05) is 43.3 Å². The Kier molecular flexibility index (Phi) is 4.79. The van der Waals surface area contributed by atoms with Crippen molar-refractivity contribution in [3.05, 3.63) is 34.6 Å². The molecular formula is C16H23ClFN3. The van der Waals surface area contributed by atoms with Crippen LogP contribution in [0.4, 0.5) is 4.39 Å². The highest BCUT2D eigenvalue weighted by molar-refractivity contribution is 6.30. The van der Waals surface area contributed by atoms with Crippen molar-refractivity contribution in [2.75, 3.05) is 32.7 Å². The van der Waals surface area contributed by atoms with Gasteiger partial charge in [0.05, 0.1) is 0 Å². The van der Waals surface area contributed by atoms with E-state index in [9.17, 15) is 4.39 Å². The van der Waals surface area contributed by atoms with Crippen molar-refractivity contribution >= 4 is 11.6 Å². The number of hydrogen-bond donors (Lipinski definition) is 1. The summed E-state index contributed by atoms with van der Waals surface area (Å²) in [6, 6.07) is 5.44. The lowest BCUT2D eigenvalue weighted by atomic mass is 9.97. The molecule has 0 aliphatic carbocycles. The highest BCUT2D eigenvalue weighted by Crippen LogP contribution is 2.29. The van der Waals surface area contributed by atoms with E-state index in [2.05, 4.69) is 9.80 Å². The number of hydrogen-bond acceptors (Lipinski definition) is 3. The molecule has 2 aliphatic rings. The Morgan fingerprint density at radius 2 is 2.10 bits per heavy atom. The molecule has 0 bridgehead atoms. The molecular weight excluding hydrogens is 289 g/mol. The number of piperazine rings is 1. The van der Waals surface area contributed by atoms with Crippen LogP contribution >= 0.6 is 11.6 Å². The molecule has 0 radical (unpaired) electrons. The summed E-state index contributed by atoms with van der Waals surface area (Å²) in [7, 11) is 0. The fraction of sp³-hybridized carbons (Fsp3) is 0.625. The normalized spacial score (nSPS) is 25.6. The third-order valence-corrected chi connectivity index (χ3v) is 5.02. The largest absolute Gasteiger partial charge is 0.329 e. The SMILES string of the molecule is NCC(c1cc(F)cc(Cl)c1)N1CCN2CCCCC2C1. The summed E-state index contributed by atoms with van der Waals surface area (Å²) in [6.45, 7) is 4.82. The lowest BCUT2D eigenvalue weighted by molar-refractivity contribution is 0.0286. The summed E-state index contributed by atoms with van der Waals surface area (Å²) < 4.78 is 13.6. The van der Waals surface area contributed by atoms with Gasteiger partial charge in [-0.2, -0.15) is 0 Å². The topological polar surface area (TPSA) is 32.5 Å². The van der Waals surface area contributed by atoms with E-state index in [0.29, 0.717) is 17.6 Å². The number of rotatable bonds is 3. The molecule has 116 valence electrons. The van der Waals surface area contributed by atoms with Crippen LogP contribution in [0.2, 0.25) is 5.02 Å².